The lowest BCUT2D eigenvalue weighted by molar-refractivity contribution is 0.397. The van der Waals surface area contributed by atoms with Crippen LogP contribution in [0, 0.1) is 0 Å². The lowest BCUT2D eigenvalue weighted by atomic mass is 9.99. The Kier molecular flexibility index (Phi) is 7.19. The van der Waals surface area contributed by atoms with Crippen LogP contribution < -0.4 is 10.1 Å². The zero-order valence-electron chi connectivity index (χ0n) is 12.4. The van der Waals surface area contributed by atoms with E-state index in [1.165, 1.54) is 11.1 Å². The summed E-state index contributed by atoms with van der Waals surface area (Å²) in [6.07, 6.45) is 6.11. The third kappa shape index (κ3) is 5.88. The summed E-state index contributed by atoms with van der Waals surface area (Å²) in [5.74, 6) is 0.666. The number of hydrogen-bond donors (Lipinski definition) is 1. The summed E-state index contributed by atoms with van der Waals surface area (Å²) in [7, 11) is 1.64. The number of aromatic nitrogens is 1. The van der Waals surface area contributed by atoms with Crippen molar-refractivity contribution in [2.24, 2.45) is 0 Å². The van der Waals surface area contributed by atoms with Crippen molar-refractivity contribution in [3.63, 3.8) is 0 Å². The molecule has 19 heavy (non-hydrogen) atoms. The van der Waals surface area contributed by atoms with Crippen LogP contribution >= 0.6 is 0 Å². The Morgan fingerprint density at radius 2 is 2.21 bits per heavy atom. The fraction of sp³-hybridized carbons (Fsp3) is 0.562. The molecule has 0 spiro atoms. The molecule has 3 nitrogen and oxygen atoms in total. The lowest BCUT2D eigenvalue weighted by Crippen LogP contribution is -2.32. The highest BCUT2D eigenvalue weighted by molar-refractivity contribution is 5.19. The highest BCUT2D eigenvalue weighted by Gasteiger charge is 2.10. The van der Waals surface area contributed by atoms with Crippen molar-refractivity contribution in [1.29, 1.82) is 0 Å². The van der Waals surface area contributed by atoms with Crippen LogP contribution in [0.15, 0.2) is 30.5 Å². The molecule has 3 heteroatoms. The van der Waals surface area contributed by atoms with E-state index in [4.69, 9.17) is 4.74 Å². The largest absolute Gasteiger partial charge is 0.481 e. The van der Waals surface area contributed by atoms with Crippen LogP contribution in [0.25, 0.3) is 0 Å². The Morgan fingerprint density at radius 3 is 2.74 bits per heavy atom. The fourth-order valence-corrected chi connectivity index (χ4v) is 1.99. The third-order valence-corrected chi connectivity index (χ3v) is 3.21. The topological polar surface area (TPSA) is 34.1 Å². The number of methoxy groups -OCH3 is 1. The van der Waals surface area contributed by atoms with E-state index in [2.05, 4.69) is 36.8 Å². The SMILES string of the molecule is C=C(CC)CC(Cc1ccc(OC)nc1)NCCC. The number of pyridine rings is 1. The summed E-state index contributed by atoms with van der Waals surface area (Å²) in [5.41, 5.74) is 2.54. The summed E-state index contributed by atoms with van der Waals surface area (Å²) in [4.78, 5) is 4.26. The standard InChI is InChI=1S/C16H26N2O/c1-5-9-17-15(10-13(3)6-2)11-14-7-8-16(19-4)18-12-14/h7-8,12,15,17H,3,5-6,9-11H2,1-2,4H3. The molecule has 1 rings (SSSR count). The van der Waals surface area contributed by atoms with Crippen LogP contribution in [0.4, 0.5) is 0 Å². The number of nitrogens with zero attached hydrogens (tertiary/aromatic N) is 1. The minimum atomic E-state index is 0.447. The summed E-state index contributed by atoms with van der Waals surface area (Å²) in [6, 6.07) is 4.45. The van der Waals surface area contributed by atoms with Crippen molar-refractivity contribution in [2.75, 3.05) is 13.7 Å². The molecule has 0 aliphatic carbocycles. The first-order valence-corrected chi connectivity index (χ1v) is 7.08. The Morgan fingerprint density at radius 1 is 1.42 bits per heavy atom. The number of nitrogens with one attached hydrogen (secondary N) is 1. The van der Waals surface area contributed by atoms with E-state index >= 15 is 0 Å². The first-order valence-electron chi connectivity index (χ1n) is 7.08. The van der Waals surface area contributed by atoms with Gasteiger partial charge in [-0.1, -0.05) is 32.1 Å². The molecule has 0 radical (unpaired) electrons. The van der Waals surface area contributed by atoms with Gasteiger partial charge in [-0.2, -0.15) is 0 Å². The maximum absolute atomic E-state index is 5.08. The minimum absolute atomic E-state index is 0.447. The van der Waals surface area contributed by atoms with Crippen molar-refractivity contribution in [2.45, 2.75) is 45.6 Å². The van der Waals surface area contributed by atoms with Gasteiger partial charge in [0.05, 0.1) is 7.11 Å². The van der Waals surface area contributed by atoms with E-state index in [1.807, 2.05) is 12.3 Å². The number of rotatable bonds is 9. The monoisotopic (exact) mass is 262 g/mol. The normalized spacial score (nSPS) is 12.2. The van der Waals surface area contributed by atoms with Crippen LogP contribution in [-0.2, 0) is 6.42 Å². The predicted molar refractivity (Wildman–Crippen MR) is 80.6 cm³/mol. The van der Waals surface area contributed by atoms with Crippen LogP contribution in [0.5, 0.6) is 5.88 Å². The Bertz CT molecular complexity index is 373. The number of hydrogen-bond acceptors (Lipinski definition) is 3. The maximum Gasteiger partial charge on any atom is 0.212 e. The molecule has 1 aromatic heterocycles. The fourth-order valence-electron chi connectivity index (χ4n) is 1.99. The highest BCUT2D eigenvalue weighted by Crippen LogP contribution is 2.14. The zero-order valence-corrected chi connectivity index (χ0v) is 12.4. The van der Waals surface area contributed by atoms with Gasteiger partial charge in [0.25, 0.3) is 0 Å². The maximum atomic E-state index is 5.08. The lowest BCUT2D eigenvalue weighted by Gasteiger charge is -2.19. The molecule has 1 N–H and O–H groups in total. The van der Waals surface area contributed by atoms with E-state index in [1.54, 1.807) is 7.11 Å². The van der Waals surface area contributed by atoms with Gasteiger partial charge in [-0.05, 0) is 37.8 Å². The molecule has 0 aromatic carbocycles. The molecule has 0 bridgehead atoms. The average Bonchev–Trinajstić information content (AvgIpc) is 2.45. The van der Waals surface area contributed by atoms with E-state index in [0.29, 0.717) is 11.9 Å². The first-order chi connectivity index (χ1) is 9.19. The van der Waals surface area contributed by atoms with Gasteiger partial charge >= 0.3 is 0 Å². The van der Waals surface area contributed by atoms with Crippen LogP contribution in [0.2, 0.25) is 0 Å². The van der Waals surface area contributed by atoms with E-state index in [-0.39, 0.29) is 0 Å². The van der Waals surface area contributed by atoms with E-state index < -0.39 is 0 Å². The third-order valence-electron chi connectivity index (χ3n) is 3.21. The first kappa shape index (κ1) is 15.7. The molecule has 1 unspecified atom stereocenters. The molecule has 106 valence electrons. The summed E-state index contributed by atoms with van der Waals surface area (Å²) in [6.45, 7) is 9.51. The predicted octanol–water partition coefficient (Wildman–Crippen LogP) is 3.36. The zero-order chi connectivity index (χ0) is 14.1. The molecule has 0 saturated carbocycles. The molecule has 1 atom stereocenters. The summed E-state index contributed by atoms with van der Waals surface area (Å²) in [5, 5.41) is 3.59. The average molecular weight is 262 g/mol. The molecule has 0 saturated heterocycles. The summed E-state index contributed by atoms with van der Waals surface area (Å²) >= 11 is 0. The van der Waals surface area contributed by atoms with Gasteiger partial charge in [-0.15, -0.1) is 0 Å². The van der Waals surface area contributed by atoms with E-state index in [0.717, 1.165) is 32.2 Å². The molecule has 0 fully saturated rings. The molecule has 0 aliphatic rings. The van der Waals surface area contributed by atoms with Crippen molar-refractivity contribution in [3.8, 4) is 5.88 Å². The van der Waals surface area contributed by atoms with E-state index in [9.17, 15) is 0 Å². The van der Waals surface area contributed by atoms with Gasteiger partial charge in [0, 0.05) is 18.3 Å². The van der Waals surface area contributed by atoms with Gasteiger partial charge in [0.2, 0.25) is 5.88 Å². The smallest absolute Gasteiger partial charge is 0.212 e. The van der Waals surface area contributed by atoms with Crippen molar-refractivity contribution < 1.29 is 4.74 Å². The second-order valence-electron chi connectivity index (χ2n) is 4.87. The van der Waals surface area contributed by atoms with Crippen molar-refractivity contribution in [3.05, 3.63) is 36.0 Å². The Hall–Kier alpha value is -1.35. The number of ether oxygens (including phenoxy) is 1. The van der Waals surface area contributed by atoms with Gasteiger partial charge < -0.3 is 10.1 Å². The molecule has 0 aliphatic heterocycles. The molecule has 1 aromatic rings. The second-order valence-corrected chi connectivity index (χ2v) is 4.87. The van der Waals surface area contributed by atoms with Gasteiger partial charge in [0.15, 0.2) is 0 Å². The Balaban J connectivity index is 2.60. The molecular formula is C16H26N2O. The molecule has 0 amide bonds. The minimum Gasteiger partial charge on any atom is -0.481 e. The second kappa shape index (κ2) is 8.70. The van der Waals surface area contributed by atoms with Gasteiger partial charge in [-0.3, -0.25) is 0 Å². The summed E-state index contributed by atoms with van der Waals surface area (Å²) < 4.78 is 5.08. The highest BCUT2D eigenvalue weighted by atomic mass is 16.5. The Labute approximate surface area is 117 Å². The van der Waals surface area contributed by atoms with Crippen molar-refractivity contribution in [1.82, 2.24) is 10.3 Å². The van der Waals surface area contributed by atoms with Crippen LogP contribution in [0.1, 0.15) is 38.7 Å². The van der Waals surface area contributed by atoms with Gasteiger partial charge in [0.1, 0.15) is 0 Å². The quantitative estimate of drug-likeness (QED) is 0.693. The van der Waals surface area contributed by atoms with Gasteiger partial charge in [-0.25, -0.2) is 4.98 Å². The molecule has 1 heterocycles. The van der Waals surface area contributed by atoms with Crippen LogP contribution in [-0.4, -0.2) is 24.7 Å². The van der Waals surface area contributed by atoms with Crippen molar-refractivity contribution >= 4 is 0 Å². The molecular weight excluding hydrogens is 236 g/mol. The van der Waals surface area contributed by atoms with Crippen LogP contribution in [0.3, 0.4) is 0 Å².